The first-order chi connectivity index (χ1) is 12.8. The van der Waals surface area contributed by atoms with Gasteiger partial charge < -0.3 is 15.2 Å². The van der Waals surface area contributed by atoms with E-state index in [-0.39, 0.29) is 11.8 Å². The molecule has 1 aromatic carbocycles. The molecule has 1 amide bonds. The van der Waals surface area contributed by atoms with Crippen LogP contribution in [0.25, 0.3) is 11.0 Å². The molecule has 140 valence electrons. The molecule has 0 bridgehead atoms. The number of hydrogen-bond donors (Lipinski definition) is 2. The highest BCUT2D eigenvalue weighted by molar-refractivity contribution is 5.80. The van der Waals surface area contributed by atoms with Crippen LogP contribution in [0, 0.1) is 5.92 Å². The summed E-state index contributed by atoms with van der Waals surface area (Å²) in [5.41, 5.74) is 2.08. The highest BCUT2D eigenvalue weighted by Crippen LogP contribution is 2.24. The maximum atomic E-state index is 12.7. The van der Waals surface area contributed by atoms with Gasteiger partial charge in [-0.2, -0.15) is 0 Å². The number of nitrogens with one attached hydrogen (secondary N) is 2. The van der Waals surface area contributed by atoms with Crippen LogP contribution in [0.5, 0.6) is 0 Å². The van der Waals surface area contributed by atoms with Crippen LogP contribution in [0.1, 0.15) is 57.8 Å². The highest BCUT2D eigenvalue weighted by Gasteiger charge is 2.27. The first kappa shape index (κ1) is 17.4. The average molecular weight is 354 g/mol. The van der Waals surface area contributed by atoms with Gasteiger partial charge in [-0.15, -0.1) is 0 Å². The molecule has 0 atom stereocenters. The summed E-state index contributed by atoms with van der Waals surface area (Å²) in [6.07, 6.45) is 10.7. The first-order valence-electron chi connectivity index (χ1n) is 10.3. The largest absolute Gasteiger partial charge is 0.353 e. The number of H-pyrrole nitrogens is 1. The summed E-state index contributed by atoms with van der Waals surface area (Å²) in [7, 11) is 0. The van der Waals surface area contributed by atoms with Crippen molar-refractivity contribution in [2.24, 2.45) is 5.92 Å². The normalized spacial score (nSPS) is 20.7. The zero-order valence-corrected chi connectivity index (χ0v) is 15.5. The number of carbonyl (C=O) groups is 1. The Hall–Kier alpha value is -2.04. The number of imidazole rings is 1. The molecule has 2 N–H and O–H groups in total. The molecule has 0 radical (unpaired) electrons. The molecule has 5 heteroatoms. The molecule has 1 saturated carbocycles. The van der Waals surface area contributed by atoms with Crippen molar-refractivity contribution in [1.82, 2.24) is 15.3 Å². The predicted octanol–water partition coefficient (Wildman–Crippen LogP) is 4.01. The fourth-order valence-electron chi connectivity index (χ4n) is 4.36. The van der Waals surface area contributed by atoms with Crippen LogP contribution in [0.2, 0.25) is 0 Å². The van der Waals surface area contributed by atoms with Crippen LogP contribution < -0.4 is 10.2 Å². The van der Waals surface area contributed by atoms with Gasteiger partial charge in [0.15, 0.2) is 0 Å². The molecule has 2 heterocycles. The number of aromatic nitrogens is 2. The number of anilines is 1. The topological polar surface area (TPSA) is 61.0 Å². The van der Waals surface area contributed by atoms with Gasteiger partial charge in [0, 0.05) is 25.0 Å². The number of benzene rings is 1. The summed E-state index contributed by atoms with van der Waals surface area (Å²) < 4.78 is 0. The van der Waals surface area contributed by atoms with Gasteiger partial charge in [-0.05, 0) is 37.8 Å². The summed E-state index contributed by atoms with van der Waals surface area (Å²) >= 11 is 0. The van der Waals surface area contributed by atoms with Crippen LogP contribution >= 0.6 is 0 Å². The number of hydrogen-bond acceptors (Lipinski definition) is 3. The SMILES string of the molecule is O=C(NC1CCCCCCC1)C1CCN(c2nc3ccccc3[nH]2)CC1. The van der Waals surface area contributed by atoms with Gasteiger partial charge in [0.2, 0.25) is 11.9 Å². The molecule has 0 spiro atoms. The van der Waals surface area contributed by atoms with Crippen molar-refractivity contribution in [3.05, 3.63) is 24.3 Å². The average Bonchev–Trinajstić information content (AvgIpc) is 3.08. The summed E-state index contributed by atoms with van der Waals surface area (Å²) in [4.78, 5) is 23.1. The Balaban J connectivity index is 1.30. The molecule has 2 fully saturated rings. The molecule has 1 aliphatic heterocycles. The van der Waals surface area contributed by atoms with Crippen molar-refractivity contribution in [2.45, 2.75) is 63.8 Å². The van der Waals surface area contributed by atoms with E-state index in [9.17, 15) is 4.79 Å². The fourth-order valence-corrected chi connectivity index (χ4v) is 4.36. The Kier molecular flexibility index (Phi) is 5.42. The number of rotatable bonds is 3. The monoisotopic (exact) mass is 354 g/mol. The third kappa shape index (κ3) is 4.02. The van der Waals surface area contributed by atoms with Crippen LogP contribution in [-0.2, 0) is 4.79 Å². The lowest BCUT2D eigenvalue weighted by Crippen LogP contribution is -2.44. The summed E-state index contributed by atoms with van der Waals surface area (Å²) in [5.74, 6) is 1.37. The van der Waals surface area contributed by atoms with E-state index >= 15 is 0 Å². The Morgan fingerprint density at radius 1 is 1.00 bits per heavy atom. The second-order valence-corrected chi connectivity index (χ2v) is 7.89. The molecule has 1 aromatic heterocycles. The third-order valence-electron chi connectivity index (χ3n) is 5.99. The minimum Gasteiger partial charge on any atom is -0.353 e. The number of fused-ring (bicyclic) bond motifs is 1. The molecule has 0 unspecified atom stereocenters. The second-order valence-electron chi connectivity index (χ2n) is 7.89. The zero-order chi connectivity index (χ0) is 17.8. The molecule has 2 aromatic rings. The molecule has 5 nitrogen and oxygen atoms in total. The molecule has 1 aliphatic carbocycles. The Morgan fingerprint density at radius 3 is 2.42 bits per heavy atom. The number of amides is 1. The van der Waals surface area contributed by atoms with Gasteiger partial charge in [-0.1, -0.05) is 44.2 Å². The zero-order valence-electron chi connectivity index (χ0n) is 15.5. The van der Waals surface area contributed by atoms with Crippen LogP contribution in [0.4, 0.5) is 5.95 Å². The molecule has 26 heavy (non-hydrogen) atoms. The maximum Gasteiger partial charge on any atom is 0.223 e. The van der Waals surface area contributed by atoms with E-state index in [1.54, 1.807) is 0 Å². The van der Waals surface area contributed by atoms with Crippen molar-refractivity contribution < 1.29 is 4.79 Å². The highest BCUT2D eigenvalue weighted by atomic mass is 16.1. The molecule has 4 rings (SSSR count). The van der Waals surface area contributed by atoms with E-state index in [1.807, 2.05) is 18.2 Å². The van der Waals surface area contributed by atoms with Gasteiger partial charge in [0.05, 0.1) is 11.0 Å². The number of carbonyl (C=O) groups excluding carboxylic acids is 1. The maximum absolute atomic E-state index is 12.7. The lowest BCUT2D eigenvalue weighted by atomic mass is 9.93. The van der Waals surface area contributed by atoms with Gasteiger partial charge >= 0.3 is 0 Å². The van der Waals surface area contributed by atoms with Crippen LogP contribution in [0.3, 0.4) is 0 Å². The molecular weight excluding hydrogens is 324 g/mol. The van der Waals surface area contributed by atoms with Crippen molar-refractivity contribution in [3.63, 3.8) is 0 Å². The number of aromatic amines is 1. The van der Waals surface area contributed by atoms with Crippen LogP contribution in [-0.4, -0.2) is 35.0 Å². The summed E-state index contributed by atoms with van der Waals surface area (Å²) in [6, 6.07) is 8.53. The summed E-state index contributed by atoms with van der Waals surface area (Å²) in [5, 5.41) is 3.35. The molecule has 2 aliphatic rings. The van der Waals surface area contributed by atoms with E-state index < -0.39 is 0 Å². The Morgan fingerprint density at radius 2 is 1.69 bits per heavy atom. The summed E-state index contributed by atoms with van der Waals surface area (Å²) in [6.45, 7) is 1.78. The van der Waals surface area contributed by atoms with Crippen molar-refractivity contribution in [2.75, 3.05) is 18.0 Å². The van der Waals surface area contributed by atoms with Gasteiger partial charge in [0.1, 0.15) is 0 Å². The minimum atomic E-state index is 0.154. The second kappa shape index (κ2) is 8.11. The Bertz CT molecular complexity index is 691. The van der Waals surface area contributed by atoms with E-state index in [4.69, 9.17) is 0 Å². The number of para-hydroxylation sites is 2. The van der Waals surface area contributed by atoms with Gasteiger partial charge in [-0.3, -0.25) is 4.79 Å². The third-order valence-corrected chi connectivity index (χ3v) is 5.99. The van der Waals surface area contributed by atoms with E-state index in [0.29, 0.717) is 6.04 Å². The standard InChI is InChI=1S/C21H30N4O/c26-20(22-17-8-4-2-1-3-5-9-17)16-12-14-25(15-13-16)21-23-18-10-6-7-11-19(18)24-21/h6-7,10-11,16-17H,1-5,8-9,12-15H2,(H,22,26)(H,23,24). The van der Waals surface area contributed by atoms with Gasteiger partial charge in [0.25, 0.3) is 0 Å². The molecule has 1 saturated heterocycles. The lowest BCUT2D eigenvalue weighted by Gasteiger charge is -2.32. The van der Waals surface area contributed by atoms with E-state index in [2.05, 4.69) is 26.3 Å². The minimum absolute atomic E-state index is 0.154. The number of nitrogens with zero attached hydrogens (tertiary/aromatic N) is 2. The van der Waals surface area contributed by atoms with Crippen molar-refractivity contribution >= 4 is 22.9 Å². The molecular formula is C21H30N4O. The first-order valence-corrected chi connectivity index (χ1v) is 10.3. The smallest absolute Gasteiger partial charge is 0.223 e. The lowest BCUT2D eigenvalue weighted by molar-refractivity contribution is -0.126. The van der Waals surface area contributed by atoms with Gasteiger partial charge in [-0.25, -0.2) is 4.98 Å². The van der Waals surface area contributed by atoms with E-state index in [1.165, 1.54) is 32.1 Å². The van der Waals surface area contributed by atoms with Crippen molar-refractivity contribution in [1.29, 1.82) is 0 Å². The predicted molar refractivity (Wildman–Crippen MR) is 105 cm³/mol. The fraction of sp³-hybridized carbons (Fsp3) is 0.619. The Labute approximate surface area is 155 Å². The van der Waals surface area contributed by atoms with Crippen LogP contribution in [0.15, 0.2) is 24.3 Å². The van der Waals surface area contributed by atoms with Crippen molar-refractivity contribution in [3.8, 4) is 0 Å². The van der Waals surface area contributed by atoms with E-state index in [0.717, 1.165) is 55.8 Å². The number of piperidine rings is 1. The quantitative estimate of drug-likeness (QED) is 0.875.